The lowest BCUT2D eigenvalue weighted by Crippen LogP contribution is -2.21. The molecule has 2 aliphatic carbocycles. The third kappa shape index (κ3) is 2.98. The molecule has 3 aromatic rings. The monoisotopic (exact) mass is 471 g/mol. The fraction of sp³-hybridized carbons (Fsp3) is 0.276. The van der Waals surface area contributed by atoms with Gasteiger partial charge in [0.15, 0.2) is 0 Å². The summed E-state index contributed by atoms with van der Waals surface area (Å²) in [6.45, 7) is 5.79. The minimum Gasteiger partial charge on any atom is -0.508 e. The lowest BCUT2D eigenvalue weighted by atomic mass is 9.88. The Kier molecular flexibility index (Phi) is 4.55. The number of benzene rings is 3. The van der Waals surface area contributed by atoms with Crippen molar-refractivity contribution in [1.29, 1.82) is 0 Å². The Morgan fingerprint density at radius 2 is 1.88 bits per heavy atom. The second kappa shape index (κ2) is 7.21. The fourth-order valence-corrected chi connectivity index (χ4v) is 5.97. The second-order valence-electron chi connectivity index (χ2n) is 10.1. The van der Waals surface area contributed by atoms with Crippen LogP contribution in [0.4, 0.5) is 5.69 Å². The molecular weight excluding hydrogens is 446 g/mol. The molecule has 3 N–H and O–H groups in total. The highest BCUT2D eigenvalue weighted by Crippen LogP contribution is 2.65. The largest absolute Gasteiger partial charge is 0.508 e. The van der Waals surface area contributed by atoms with Gasteiger partial charge < -0.3 is 15.5 Å². The van der Waals surface area contributed by atoms with E-state index in [1.807, 2.05) is 31.2 Å². The molecule has 172 valence electrons. The first kappa shape index (κ1) is 21.5. The van der Waals surface area contributed by atoms with Gasteiger partial charge in [0.05, 0.1) is 17.0 Å². The maximum Gasteiger partial charge on any atom is 0.235 e. The quantitative estimate of drug-likeness (QED) is 0.385. The van der Waals surface area contributed by atoms with E-state index < -0.39 is 5.41 Å². The summed E-state index contributed by atoms with van der Waals surface area (Å²) in [5, 5.41) is 23.4. The summed E-state index contributed by atoms with van der Waals surface area (Å²) in [4.78, 5) is 13.2. The summed E-state index contributed by atoms with van der Waals surface area (Å²) in [5.41, 5.74) is 6.80. The number of nitrogens with one attached hydrogen (secondary N) is 1. The predicted molar refractivity (Wildman–Crippen MR) is 135 cm³/mol. The maximum absolute atomic E-state index is 13.2. The number of fused-ring (bicyclic) bond motifs is 2. The van der Waals surface area contributed by atoms with Crippen LogP contribution in [0.3, 0.4) is 0 Å². The molecule has 0 radical (unpaired) electrons. The first-order chi connectivity index (χ1) is 16.3. The number of hydrogen-bond acceptors (Lipinski definition) is 3. The van der Waals surface area contributed by atoms with Crippen molar-refractivity contribution in [2.45, 2.75) is 42.9 Å². The van der Waals surface area contributed by atoms with Crippen LogP contribution in [-0.4, -0.2) is 22.7 Å². The molecule has 3 aromatic carbocycles. The van der Waals surface area contributed by atoms with Crippen molar-refractivity contribution in [3.05, 3.63) is 94.0 Å². The van der Waals surface area contributed by atoms with Crippen molar-refractivity contribution in [3.8, 4) is 11.1 Å². The van der Waals surface area contributed by atoms with Crippen molar-refractivity contribution < 1.29 is 15.0 Å². The number of amides is 1. The minimum atomic E-state index is -0.618. The molecule has 34 heavy (non-hydrogen) atoms. The third-order valence-electron chi connectivity index (χ3n) is 8.14. The molecule has 2 atom stereocenters. The summed E-state index contributed by atoms with van der Waals surface area (Å²) < 4.78 is 0. The van der Waals surface area contributed by atoms with Crippen LogP contribution in [0.5, 0.6) is 0 Å². The van der Waals surface area contributed by atoms with Crippen LogP contribution in [0.25, 0.3) is 16.9 Å². The number of aryl methyl sites for hydroxylation is 1. The molecule has 0 bridgehead atoms. The molecule has 2 saturated carbocycles. The van der Waals surface area contributed by atoms with E-state index in [-0.39, 0.29) is 29.6 Å². The predicted octanol–water partition coefficient (Wildman–Crippen LogP) is 6.25. The van der Waals surface area contributed by atoms with Gasteiger partial charge in [-0.3, -0.25) is 4.79 Å². The van der Waals surface area contributed by atoms with Gasteiger partial charge in [-0.2, -0.15) is 0 Å². The van der Waals surface area contributed by atoms with Gasteiger partial charge in [-0.15, -0.1) is 0 Å². The average Bonchev–Trinajstić information content (AvgIpc) is 3.73. The first-order valence-corrected chi connectivity index (χ1v) is 12.0. The van der Waals surface area contributed by atoms with Crippen molar-refractivity contribution in [3.63, 3.8) is 0 Å². The molecule has 0 aromatic heterocycles. The molecule has 1 heterocycles. The Balaban J connectivity index is 1.38. The van der Waals surface area contributed by atoms with E-state index in [0.29, 0.717) is 17.0 Å². The maximum atomic E-state index is 13.2. The summed E-state index contributed by atoms with van der Waals surface area (Å²) >= 11 is 6.67. The second-order valence-corrected chi connectivity index (χ2v) is 10.5. The first-order valence-electron chi connectivity index (χ1n) is 11.7. The van der Waals surface area contributed by atoms with Crippen molar-refractivity contribution in [2.75, 3.05) is 11.9 Å². The smallest absolute Gasteiger partial charge is 0.235 e. The van der Waals surface area contributed by atoms with Crippen LogP contribution in [-0.2, 0) is 15.6 Å². The minimum absolute atomic E-state index is 0.000337. The fourth-order valence-electron chi connectivity index (χ4n) is 5.70. The molecule has 0 saturated heterocycles. The highest BCUT2D eigenvalue weighted by Gasteiger charge is 2.65. The molecule has 1 amide bonds. The van der Waals surface area contributed by atoms with Gasteiger partial charge in [-0.25, -0.2) is 0 Å². The van der Waals surface area contributed by atoms with Crippen molar-refractivity contribution in [1.82, 2.24) is 0 Å². The number of hydrogen-bond donors (Lipinski definition) is 3. The summed E-state index contributed by atoms with van der Waals surface area (Å²) in [6.07, 6.45) is 2.75. The number of anilines is 1. The molecule has 1 aliphatic heterocycles. The SMILES string of the molecule is C=C(O)c1cc(C2CC23C(=O)Nc2cc(Cl)c(-c4ccc(C5(CO)CC5)cc4)cc23)ccc1C. The summed E-state index contributed by atoms with van der Waals surface area (Å²) in [7, 11) is 0. The van der Waals surface area contributed by atoms with Crippen LogP contribution in [0.2, 0.25) is 5.02 Å². The molecular formula is C29H26ClNO3. The van der Waals surface area contributed by atoms with E-state index in [9.17, 15) is 15.0 Å². The van der Waals surface area contributed by atoms with Gasteiger partial charge in [-0.1, -0.05) is 54.6 Å². The van der Waals surface area contributed by atoms with Gasteiger partial charge in [-0.05, 0) is 72.2 Å². The normalized spacial score (nSPS) is 23.5. The lowest BCUT2D eigenvalue weighted by molar-refractivity contribution is -0.118. The number of rotatable bonds is 5. The van der Waals surface area contributed by atoms with Crippen LogP contribution in [0, 0.1) is 6.92 Å². The van der Waals surface area contributed by atoms with E-state index in [1.165, 1.54) is 0 Å². The molecule has 1 spiro atoms. The number of carbonyl (C=O) groups excluding carboxylic acids is 1. The molecule has 2 fully saturated rings. The van der Waals surface area contributed by atoms with Crippen molar-refractivity contribution >= 4 is 29.0 Å². The van der Waals surface area contributed by atoms with E-state index in [4.69, 9.17) is 11.6 Å². The zero-order chi connectivity index (χ0) is 23.8. The average molecular weight is 472 g/mol. The highest BCUT2D eigenvalue weighted by atomic mass is 35.5. The van der Waals surface area contributed by atoms with Crippen LogP contribution < -0.4 is 5.32 Å². The number of aliphatic hydroxyl groups excluding tert-OH is 2. The van der Waals surface area contributed by atoms with Crippen LogP contribution in [0.15, 0.2) is 61.2 Å². The van der Waals surface area contributed by atoms with Crippen LogP contribution in [0.1, 0.15) is 53.0 Å². The standard InChI is InChI=1S/C29H26ClNO3/c1-16-3-4-19(11-21(16)17(2)33)24-14-29(24)23-12-22(25(30)13-26(23)31-27(29)34)18-5-7-20(8-6-18)28(15-32)9-10-28/h3-8,11-13,24,32-33H,2,9-10,14-15H2,1H3,(H,31,34). The Labute approximate surface area is 203 Å². The van der Waals surface area contributed by atoms with E-state index in [2.05, 4.69) is 42.2 Å². The highest BCUT2D eigenvalue weighted by molar-refractivity contribution is 6.34. The van der Waals surface area contributed by atoms with Gasteiger partial charge >= 0.3 is 0 Å². The van der Waals surface area contributed by atoms with Gasteiger partial charge in [0.25, 0.3) is 0 Å². The lowest BCUT2D eigenvalue weighted by Gasteiger charge is -2.15. The molecule has 2 unspecified atom stereocenters. The number of carbonyl (C=O) groups is 1. The van der Waals surface area contributed by atoms with E-state index in [0.717, 1.165) is 51.9 Å². The zero-order valence-corrected chi connectivity index (χ0v) is 19.7. The topological polar surface area (TPSA) is 69.6 Å². The number of aliphatic hydroxyl groups is 2. The molecule has 3 aliphatic rings. The Morgan fingerprint density at radius 3 is 2.53 bits per heavy atom. The van der Waals surface area contributed by atoms with Gasteiger partial charge in [0, 0.05) is 28.1 Å². The van der Waals surface area contributed by atoms with Gasteiger partial charge in [0.1, 0.15) is 5.76 Å². The molecule has 4 nitrogen and oxygen atoms in total. The van der Waals surface area contributed by atoms with Crippen molar-refractivity contribution in [2.24, 2.45) is 0 Å². The van der Waals surface area contributed by atoms with Crippen LogP contribution >= 0.6 is 11.6 Å². The Morgan fingerprint density at radius 1 is 1.15 bits per heavy atom. The van der Waals surface area contributed by atoms with E-state index >= 15 is 0 Å². The Bertz CT molecular complexity index is 1370. The zero-order valence-electron chi connectivity index (χ0n) is 19.0. The summed E-state index contributed by atoms with van der Waals surface area (Å²) in [5.74, 6) is 0.0692. The third-order valence-corrected chi connectivity index (χ3v) is 8.45. The van der Waals surface area contributed by atoms with E-state index in [1.54, 1.807) is 0 Å². The summed E-state index contributed by atoms with van der Waals surface area (Å²) in [6, 6.07) is 18.1. The van der Waals surface area contributed by atoms with Gasteiger partial charge in [0.2, 0.25) is 5.91 Å². The number of halogens is 1. The molecule has 5 heteroatoms. The molecule has 6 rings (SSSR count). The Hall–Kier alpha value is -3.08.